The molecule has 0 amide bonds. The number of carbonyl (C=O) groups is 1. The summed E-state index contributed by atoms with van der Waals surface area (Å²) in [5.41, 5.74) is 2.74. The third-order valence-electron chi connectivity index (χ3n) is 3.50. The average Bonchev–Trinajstić information content (AvgIpc) is 2.50. The van der Waals surface area contributed by atoms with Crippen molar-refractivity contribution >= 4 is 5.78 Å². The minimum absolute atomic E-state index is 0.218. The molecule has 0 spiro atoms. The largest absolute Gasteiger partial charge is 0.294 e. The number of fused-ring (bicyclic) bond motifs is 1. The molecule has 2 nitrogen and oxygen atoms in total. The fraction of sp³-hybridized carbons (Fsp3) is 0.429. The first-order chi connectivity index (χ1) is 7.58. The summed E-state index contributed by atoms with van der Waals surface area (Å²) in [5.74, 6) is 0.218. The standard InChI is InChI=1S/C14H15NO/c1-10-5-3-6-11-9-14(2,7-4-8-15)13(16)12(10)11/h3,5-6H,4,7,9H2,1-2H3. The molecule has 1 aromatic rings. The van der Waals surface area contributed by atoms with Gasteiger partial charge in [-0.25, -0.2) is 0 Å². The van der Waals surface area contributed by atoms with Crippen LogP contribution in [0.1, 0.15) is 41.3 Å². The highest BCUT2D eigenvalue weighted by atomic mass is 16.1. The molecule has 0 saturated heterocycles. The summed E-state index contributed by atoms with van der Waals surface area (Å²) in [7, 11) is 0. The number of nitriles is 1. The van der Waals surface area contributed by atoms with Gasteiger partial charge in [0.05, 0.1) is 6.07 Å². The zero-order chi connectivity index (χ0) is 11.8. The summed E-state index contributed by atoms with van der Waals surface area (Å²) >= 11 is 0. The molecule has 1 aliphatic rings. The van der Waals surface area contributed by atoms with Gasteiger partial charge in [-0.3, -0.25) is 4.79 Å². The van der Waals surface area contributed by atoms with Crippen LogP contribution in [0.4, 0.5) is 0 Å². The first kappa shape index (κ1) is 10.9. The molecule has 0 fully saturated rings. The van der Waals surface area contributed by atoms with Crippen molar-refractivity contribution in [3.63, 3.8) is 0 Å². The molecule has 0 radical (unpaired) electrons. The van der Waals surface area contributed by atoms with E-state index < -0.39 is 0 Å². The van der Waals surface area contributed by atoms with Gasteiger partial charge in [-0.2, -0.15) is 5.26 Å². The van der Waals surface area contributed by atoms with Crippen LogP contribution in [0.15, 0.2) is 18.2 Å². The third kappa shape index (κ3) is 1.53. The Hall–Kier alpha value is -1.62. The number of aryl methyl sites for hydroxylation is 1. The first-order valence-electron chi connectivity index (χ1n) is 5.59. The van der Waals surface area contributed by atoms with Crippen molar-refractivity contribution < 1.29 is 4.79 Å². The topological polar surface area (TPSA) is 40.9 Å². The van der Waals surface area contributed by atoms with Gasteiger partial charge in [-0.15, -0.1) is 0 Å². The number of benzene rings is 1. The molecule has 0 aromatic heterocycles. The number of ketones is 1. The Bertz CT molecular complexity index is 484. The Kier molecular flexibility index (Phi) is 2.55. The van der Waals surface area contributed by atoms with Gasteiger partial charge in [-0.1, -0.05) is 25.1 Å². The van der Waals surface area contributed by atoms with Crippen molar-refractivity contribution in [2.24, 2.45) is 5.41 Å². The van der Waals surface area contributed by atoms with E-state index in [1.54, 1.807) is 0 Å². The molecule has 0 bridgehead atoms. The van der Waals surface area contributed by atoms with Crippen LogP contribution >= 0.6 is 0 Å². The lowest BCUT2D eigenvalue weighted by atomic mass is 9.81. The lowest BCUT2D eigenvalue weighted by molar-refractivity contribution is 0.0831. The summed E-state index contributed by atoms with van der Waals surface area (Å²) in [6.45, 7) is 3.96. The van der Waals surface area contributed by atoms with Gasteiger partial charge < -0.3 is 0 Å². The highest BCUT2D eigenvalue weighted by Crippen LogP contribution is 2.41. The molecule has 1 atom stereocenters. The van der Waals surface area contributed by atoms with Crippen LogP contribution in [0, 0.1) is 23.7 Å². The normalized spacial score (nSPS) is 22.9. The van der Waals surface area contributed by atoms with E-state index in [-0.39, 0.29) is 11.2 Å². The predicted octanol–water partition coefficient (Wildman–Crippen LogP) is 3.04. The van der Waals surface area contributed by atoms with Gasteiger partial charge in [0.2, 0.25) is 0 Å². The van der Waals surface area contributed by atoms with Crippen LogP contribution in [0.5, 0.6) is 0 Å². The Labute approximate surface area is 95.9 Å². The highest BCUT2D eigenvalue weighted by Gasteiger charge is 2.41. The van der Waals surface area contributed by atoms with Crippen LogP contribution in [0.25, 0.3) is 0 Å². The van der Waals surface area contributed by atoms with Crippen molar-refractivity contribution in [3.05, 3.63) is 34.9 Å². The summed E-state index contributed by atoms with van der Waals surface area (Å²) in [5, 5.41) is 8.64. The summed E-state index contributed by atoms with van der Waals surface area (Å²) in [6, 6.07) is 8.13. The maximum absolute atomic E-state index is 12.3. The Balaban J connectivity index is 2.38. The van der Waals surface area contributed by atoms with Gasteiger partial charge >= 0.3 is 0 Å². The van der Waals surface area contributed by atoms with E-state index in [0.29, 0.717) is 12.8 Å². The molecule has 2 heteroatoms. The second-order valence-electron chi connectivity index (χ2n) is 4.83. The number of Topliss-reactive ketones (excluding diaryl/α,β-unsaturated/α-hetero) is 1. The van der Waals surface area contributed by atoms with Crippen molar-refractivity contribution in [3.8, 4) is 6.07 Å². The number of nitrogens with zero attached hydrogens (tertiary/aromatic N) is 1. The SMILES string of the molecule is Cc1cccc2c1C(=O)C(C)(CCC#N)C2. The maximum atomic E-state index is 12.3. The second-order valence-corrected chi connectivity index (χ2v) is 4.83. The van der Waals surface area contributed by atoms with Crippen LogP contribution in [0.3, 0.4) is 0 Å². The van der Waals surface area contributed by atoms with Gasteiger partial charge in [0.15, 0.2) is 5.78 Å². The quantitative estimate of drug-likeness (QED) is 0.757. The molecular formula is C14H15NO. The fourth-order valence-electron chi connectivity index (χ4n) is 2.54. The molecule has 0 N–H and O–H groups in total. The molecule has 1 aromatic carbocycles. The average molecular weight is 213 g/mol. The highest BCUT2D eigenvalue weighted by molar-refractivity contribution is 6.05. The fourth-order valence-corrected chi connectivity index (χ4v) is 2.54. The van der Waals surface area contributed by atoms with Crippen LogP contribution in [0.2, 0.25) is 0 Å². The number of hydrogen-bond acceptors (Lipinski definition) is 2. The monoisotopic (exact) mass is 213 g/mol. The number of carbonyl (C=O) groups excluding carboxylic acids is 1. The van der Waals surface area contributed by atoms with Crippen LogP contribution in [-0.4, -0.2) is 5.78 Å². The first-order valence-corrected chi connectivity index (χ1v) is 5.59. The van der Waals surface area contributed by atoms with E-state index in [9.17, 15) is 4.79 Å². The Morgan fingerprint density at radius 2 is 2.25 bits per heavy atom. The zero-order valence-corrected chi connectivity index (χ0v) is 9.71. The molecule has 0 aliphatic heterocycles. The van der Waals surface area contributed by atoms with E-state index in [1.165, 1.54) is 0 Å². The summed E-state index contributed by atoms with van der Waals surface area (Å²) in [6.07, 6.45) is 1.90. The third-order valence-corrected chi connectivity index (χ3v) is 3.50. The minimum Gasteiger partial charge on any atom is -0.294 e. The van der Waals surface area contributed by atoms with Crippen molar-refractivity contribution in [2.45, 2.75) is 33.1 Å². The summed E-state index contributed by atoms with van der Waals surface area (Å²) in [4.78, 5) is 12.3. The van der Waals surface area contributed by atoms with Crippen molar-refractivity contribution in [1.29, 1.82) is 5.26 Å². The number of hydrogen-bond donors (Lipinski definition) is 0. The summed E-state index contributed by atoms with van der Waals surface area (Å²) < 4.78 is 0. The number of rotatable bonds is 2. The van der Waals surface area contributed by atoms with E-state index in [0.717, 1.165) is 23.1 Å². The lowest BCUT2D eigenvalue weighted by Crippen LogP contribution is -2.24. The van der Waals surface area contributed by atoms with Crippen LogP contribution < -0.4 is 0 Å². The predicted molar refractivity (Wildman–Crippen MR) is 62.2 cm³/mol. The van der Waals surface area contributed by atoms with Gasteiger partial charge in [0, 0.05) is 17.4 Å². The molecule has 0 saturated carbocycles. The zero-order valence-electron chi connectivity index (χ0n) is 9.71. The smallest absolute Gasteiger partial charge is 0.169 e. The molecular weight excluding hydrogens is 198 g/mol. The van der Waals surface area contributed by atoms with Crippen LogP contribution in [-0.2, 0) is 6.42 Å². The molecule has 0 heterocycles. The van der Waals surface area contributed by atoms with Gasteiger partial charge in [0.25, 0.3) is 0 Å². The molecule has 82 valence electrons. The van der Waals surface area contributed by atoms with E-state index in [2.05, 4.69) is 6.07 Å². The Morgan fingerprint density at radius 1 is 1.50 bits per heavy atom. The molecule has 1 unspecified atom stereocenters. The Morgan fingerprint density at radius 3 is 2.88 bits per heavy atom. The van der Waals surface area contributed by atoms with E-state index >= 15 is 0 Å². The second kappa shape index (κ2) is 3.75. The van der Waals surface area contributed by atoms with Crippen molar-refractivity contribution in [1.82, 2.24) is 0 Å². The maximum Gasteiger partial charge on any atom is 0.169 e. The van der Waals surface area contributed by atoms with E-state index in [1.807, 2.05) is 32.0 Å². The van der Waals surface area contributed by atoms with Gasteiger partial charge in [-0.05, 0) is 30.9 Å². The van der Waals surface area contributed by atoms with Gasteiger partial charge in [0.1, 0.15) is 0 Å². The molecule has 16 heavy (non-hydrogen) atoms. The van der Waals surface area contributed by atoms with E-state index in [4.69, 9.17) is 5.26 Å². The minimum atomic E-state index is -0.357. The molecule has 2 rings (SSSR count). The van der Waals surface area contributed by atoms with Crippen molar-refractivity contribution in [2.75, 3.05) is 0 Å². The lowest BCUT2D eigenvalue weighted by Gasteiger charge is -2.19. The molecule has 1 aliphatic carbocycles.